The molecule has 2 aromatic heterocycles. The average molecular weight is 361 g/mol. The summed E-state index contributed by atoms with van der Waals surface area (Å²) in [6, 6.07) is 14.8. The van der Waals surface area contributed by atoms with Crippen LogP contribution >= 0.6 is 12.2 Å². The van der Waals surface area contributed by atoms with E-state index in [2.05, 4.69) is 57.9 Å². The number of aryl methyl sites for hydroxylation is 2. The normalized spacial score (nSPS) is 12.8. The van der Waals surface area contributed by atoms with E-state index in [0.29, 0.717) is 0 Å². The summed E-state index contributed by atoms with van der Waals surface area (Å²) in [7, 11) is 1.71. The van der Waals surface area contributed by atoms with E-state index < -0.39 is 0 Å². The zero-order valence-electron chi connectivity index (χ0n) is 14.7. The van der Waals surface area contributed by atoms with E-state index in [9.17, 15) is 0 Å². The molecule has 1 aliphatic rings. The molecule has 0 fully saturated rings. The van der Waals surface area contributed by atoms with Crippen molar-refractivity contribution in [3.63, 3.8) is 0 Å². The standard InChI is InChI=1S/C21H19N3OS/c1-12-3-5-13(6-4-12)18-20-19-15(9-10-24(20)21(26)23-18)16-11-14(25-2)7-8-17(16)22-19/h3-8,11,22H,9-10H2,1-2H3,(H,23,26). The summed E-state index contributed by atoms with van der Waals surface area (Å²) in [5, 5.41) is 1.23. The van der Waals surface area contributed by atoms with Crippen LogP contribution in [0.15, 0.2) is 42.5 Å². The first kappa shape index (κ1) is 15.5. The highest BCUT2D eigenvalue weighted by Gasteiger charge is 2.25. The van der Waals surface area contributed by atoms with Gasteiger partial charge in [0.15, 0.2) is 4.77 Å². The van der Waals surface area contributed by atoms with Crippen molar-refractivity contribution in [2.75, 3.05) is 7.11 Å². The Kier molecular flexibility index (Phi) is 3.34. The van der Waals surface area contributed by atoms with Crippen molar-refractivity contribution in [2.24, 2.45) is 0 Å². The first-order valence-electron chi connectivity index (χ1n) is 8.74. The lowest BCUT2D eigenvalue weighted by molar-refractivity contribution is 0.415. The van der Waals surface area contributed by atoms with Crippen LogP contribution in [0.1, 0.15) is 11.1 Å². The van der Waals surface area contributed by atoms with E-state index in [4.69, 9.17) is 17.0 Å². The molecule has 4 nitrogen and oxygen atoms in total. The maximum atomic E-state index is 5.61. The molecule has 0 atom stereocenters. The topological polar surface area (TPSA) is 45.7 Å². The Morgan fingerprint density at radius 2 is 1.85 bits per heavy atom. The Morgan fingerprint density at radius 1 is 1.04 bits per heavy atom. The van der Waals surface area contributed by atoms with Crippen LogP contribution in [0.25, 0.3) is 33.5 Å². The highest BCUT2D eigenvalue weighted by molar-refractivity contribution is 7.71. The molecule has 5 heteroatoms. The van der Waals surface area contributed by atoms with Gasteiger partial charge in [0.2, 0.25) is 0 Å². The van der Waals surface area contributed by atoms with Crippen molar-refractivity contribution in [3.8, 4) is 28.4 Å². The Bertz CT molecular complexity index is 1190. The average Bonchev–Trinajstić information content (AvgIpc) is 3.19. The van der Waals surface area contributed by atoms with Gasteiger partial charge >= 0.3 is 0 Å². The van der Waals surface area contributed by atoms with Crippen molar-refractivity contribution in [1.82, 2.24) is 14.5 Å². The Balaban J connectivity index is 1.79. The minimum Gasteiger partial charge on any atom is -0.497 e. The number of aromatic nitrogens is 3. The van der Waals surface area contributed by atoms with Gasteiger partial charge in [-0.15, -0.1) is 0 Å². The van der Waals surface area contributed by atoms with Gasteiger partial charge in [0, 0.05) is 23.0 Å². The maximum Gasteiger partial charge on any atom is 0.178 e. The van der Waals surface area contributed by atoms with Crippen LogP contribution in [0.2, 0.25) is 0 Å². The molecule has 2 aromatic carbocycles. The Labute approximate surface area is 156 Å². The largest absolute Gasteiger partial charge is 0.497 e. The highest BCUT2D eigenvalue weighted by Crippen LogP contribution is 2.40. The van der Waals surface area contributed by atoms with Crippen molar-refractivity contribution < 1.29 is 4.74 Å². The zero-order chi connectivity index (χ0) is 17.8. The van der Waals surface area contributed by atoms with Crippen LogP contribution in [-0.2, 0) is 13.0 Å². The molecule has 0 bridgehead atoms. The summed E-state index contributed by atoms with van der Waals surface area (Å²) in [5.41, 5.74) is 8.25. The molecule has 26 heavy (non-hydrogen) atoms. The number of imidazole rings is 1. The second-order valence-corrected chi connectivity index (χ2v) is 7.20. The zero-order valence-corrected chi connectivity index (χ0v) is 15.5. The third-order valence-corrected chi connectivity index (χ3v) is 5.58. The number of benzene rings is 2. The fourth-order valence-corrected chi connectivity index (χ4v) is 4.20. The predicted molar refractivity (Wildman–Crippen MR) is 107 cm³/mol. The smallest absolute Gasteiger partial charge is 0.178 e. The van der Waals surface area contributed by atoms with Gasteiger partial charge in [-0.3, -0.25) is 0 Å². The van der Waals surface area contributed by atoms with Crippen molar-refractivity contribution in [2.45, 2.75) is 19.9 Å². The monoisotopic (exact) mass is 361 g/mol. The minimum absolute atomic E-state index is 0.775. The molecule has 0 saturated carbocycles. The first-order valence-corrected chi connectivity index (χ1v) is 9.15. The number of hydrogen-bond acceptors (Lipinski definition) is 2. The first-order chi connectivity index (χ1) is 12.7. The third kappa shape index (κ3) is 2.17. The number of ether oxygens (including phenoxy) is 1. The van der Waals surface area contributed by atoms with Gasteiger partial charge in [-0.05, 0) is 49.3 Å². The molecule has 0 aliphatic carbocycles. The Morgan fingerprint density at radius 3 is 2.62 bits per heavy atom. The molecule has 0 amide bonds. The van der Waals surface area contributed by atoms with Gasteiger partial charge in [0.1, 0.15) is 5.75 Å². The fourth-order valence-electron chi connectivity index (χ4n) is 3.91. The number of hydrogen-bond donors (Lipinski definition) is 2. The SMILES string of the molecule is COc1ccc2[nH]c3c(c2c1)CCn1c-3c(-c2ccc(C)cc2)[nH]c1=S. The van der Waals surface area contributed by atoms with Crippen molar-refractivity contribution >= 4 is 23.1 Å². The lowest BCUT2D eigenvalue weighted by Crippen LogP contribution is -2.10. The summed E-state index contributed by atoms with van der Waals surface area (Å²) in [4.78, 5) is 7.05. The molecular weight excluding hydrogens is 342 g/mol. The summed E-state index contributed by atoms with van der Waals surface area (Å²) >= 11 is 5.61. The lowest BCUT2D eigenvalue weighted by Gasteiger charge is -2.17. The number of fused-ring (bicyclic) bond motifs is 5. The van der Waals surface area contributed by atoms with Crippen LogP contribution in [0.4, 0.5) is 0 Å². The number of rotatable bonds is 2. The van der Waals surface area contributed by atoms with Crippen LogP contribution < -0.4 is 4.74 Å². The summed E-state index contributed by atoms with van der Waals surface area (Å²) in [5.74, 6) is 0.884. The van der Waals surface area contributed by atoms with Gasteiger partial charge in [-0.25, -0.2) is 0 Å². The quantitative estimate of drug-likeness (QED) is 0.480. The molecule has 4 aromatic rings. The lowest BCUT2D eigenvalue weighted by atomic mass is 9.99. The summed E-state index contributed by atoms with van der Waals surface area (Å²) in [6.45, 7) is 2.98. The molecule has 5 rings (SSSR count). The highest BCUT2D eigenvalue weighted by atomic mass is 32.1. The van der Waals surface area contributed by atoms with Crippen LogP contribution in [-0.4, -0.2) is 21.6 Å². The number of nitrogens with zero attached hydrogens (tertiary/aromatic N) is 1. The van der Waals surface area contributed by atoms with E-state index in [1.807, 2.05) is 6.07 Å². The Hall–Kier alpha value is -2.79. The number of nitrogens with one attached hydrogen (secondary N) is 2. The minimum atomic E-state index is 0.775. The van der Waals surface area contributed by atoms with Crippen molar-refractivity contribution in [1.29, 1.82) is 0 Å². The number of aromatic amines is 2. The summed E-state index contributed by atoms with van der Waals surface area (Å²) < 4.78 is 8.40. The molecule has 130 valence electrons. The van der Waals surface area contributed by atoms with Gasteiger partial charge in [-0.2, -0.15) is 0 Å². The van der Waals surface area contributed by atoms with Gasteiger partial charge in [0.25, 0.3) is 0 Å². The van der Waals surface area contributed by atoms with E-state index in [1.165, 1.54) is 16.5 Å². The molecule has 2 N–H and O–H groups in total. The molecule has 1 aliphatic heterocycles. The van der Waals surface area contributed by atoms with Gasteiger partial charge < -0.3 is 19.3 Å². The molecular formula is C21H19N3OS. The van der Waals surface area contributed by atoms with E-state index in [0.717, 1.165) is 51.6 Å². The van der Waals surface area contributed by atoms with Gasteiger partial charge in [-0.1, -0.05) is 29.8 Å². The van der Waals surface area contributed by atoms with E-state index >= 15 is 0 Å². The van der Waals surface area contributed by atoms with Crippen LogP contribution in [0.5, 0.6) is 5.75 Å². The van der Waals surface area contributed by atoms with E-state index in [1.54, 1.807) is 7.11 Å². The second kappa shape index (κ2) is 5.61. The molecule has 0 unspecified atom stereocenters. The van der Waals surface area contributed by atoms with Gasteiger partial charge in [0.05, 0.1) is 24.2 Å². The molecule has 0 saturated heterocycles. The third-order valence-electron chi connectivity index (χ3n) is 5.26. The molecule has 3 heterocycles. The van der Waals surface area contributed by atoms with Crippen molar-refractivity contribution in [3.05, 3.63) is 58.4 Å². The second-order valence-electron chi connectivity index (χ2n) is 6.81. The maximum absolute atomic E-state index is 5.61. The number of H-pyrrole nitrogens is 2. The molecule has 0 radical (unpaired) electrons. The predicted octanol–water partition coefficient (Wildman–Crippen LogP) is 5.23. The summed E-state index contributed by atoms with van der Waals surface area (Å²) in [6.07, 6.45) is 0.953. The van der Waals surface area contributed by atoms with Crippen LogP contribution in [0.3, 0.4) is 0 Å². The van der Waals surface area contributed by atoms with Crippen LogP contribution in [0, 0.1) is 11.7 Å². The molecule has 0 spiro atoms. The van der Waals surface area contributed by atoms with E-state index in [-0.39, 0.29) is 0 Å². The number of methoxy groups -OCH3 is 1. The fraction of sp³-hybridized carbons (Fsp3) is 0.190.